The van der Waals surface area contributed by atoms with Gasteiger partial charge in [-0.15, -0.1) is 0 Å². The van der Waals surface area contributed by atoms with Crippen LogP contribution in [0.3, 0.4) is 0 Å². The highest BCUT2D eigenvalue weighted by Gasteiger charge is 2.08. The van der Waals surface area contributed by atoms with Gasteiger partial charge in [0.2, 0.25) is 0 Å². The van der Waals surface area contributed by atoms with E-state index < -0.39 is 0 Å². The van der Waals surface area contributed by atoms with Crippen molar-refractivity contribution in [3.63, 3.8) is 0 Å². The molecule has 5 heteroatoms. The topological polar surface area (TPSA) is 42.9 Å². The van der Waals surface area contributed by atoms with E-state index in [4.69, 9.17) is 26.1 Å². The van der Waals surface area contributed by atoms with Gasteiger partial charge in [-0.1, -0.05) is 41.9 Å². The van der Waals surface area contributed by atoms with Gasteiger partial charge in [0, 0.05) is 21.8 Å². The quantitative estimate of drug-likeness (QED) is 0.459. The van der Waals surface area contributed by atoms with E-state index in [2.05, 4.69) is 5.32 Å². The summed E-state index contributed by atoms with van der Waals surface area (Å²) in [6.45, 7) is 0.450. The lowest BCUT2D eigenvalue weighted by Crippen LogP contribution is -2.14. The van der Waals surface area contributed by atoms with Crippen molar-refractivity contribution >= 4 is 23.1 Å². The number of nitrogens with zero attached hydrogens (tertiary/aromatic N) is 1. The minimum absolute atomic E-state index is 0.450. The third-order valence-electron chi connectivity index (χ3n) is 4.05. The Kier molecular flexibility index (Phi) is 6.34. The molecule has 0 saturated heterocycles. The summed E-state index contributed by atoms with van der Waals surface area (Å²) in [4.78, 5) is 4.80. The van der Waals surface area contributed by atoms with E-state index in [0.29, 0.717) is 11.6 Å². The Bertz CT molecular complexity index is 909. The number of rotatable bonds is 6. The number of benzene rings is 3. The number of ether oxygens (including phenoxy) is 2. The number of hydrogen-bond donors (Lipinski definition) is 1. The smallest absolute Gasteiger partial charge is 0.133 e. The van der Waals surface area contributed by atoms with Gasteiger partial charge in [-0.05, 0) is 42.5 Å². The SMILES string of the molecule is COc1ccc(OC)c(CN=C(Nc2ccc(Cl)cc2)c2ccccc2)c1. The Morgan fingerprint density at radius 3 is 2.33 bits per heavy atom. The van der Waals surface area contributed by atoms with E-state index in [-0.39, 0.29) is 0 Å². The molecule has 138 valence electrons. The minimum Gasteiger partial charge on any atom is -0.497 e. The maximum atomic E-state index is 5.98. The normalized spacial score (nSPS) is 11.1. The highest BCUT2D eigenvalue weighted by molar-refractivity contribution is 6.30. The molecule has 0 spiro atoms. The number of methoxy groups -OCH3 is 2. The lowest BCUT2D eigenvalue weighted by molar-refractivity contribution is 0.399. The molecular weight excluding hydrogens is 360 g/mol. The summed E-state index contributed by atoms with van der Waals surface area (Å²) in [6, 6.07) is 23.2. The first-order chi connectivity index (χ1) is 13.2. The zero-order valence-corrected chi connectivity index (χ0v) is 16.0. The highest BCUT2D eigenvalue weighted by Crippen LogP contribution is 2.25. The van der Waals surface area contributed by atoms with Crippen LogP contribution in [0.5, 0.6) is 11.5 Å². The Morgan fingerprint density at radius 1 is 0.926 bits per heavy atom. The van der Waals surface area contributed by atoms with Gasteiger partial charge in [0.1, 0.15) is 17.3 Å². The van der Waals surface area contributed by atoms with Crippen LogP contribution < -0.4 is 14.8 Å². The number of amidine groups is 1. The molecule has 0 heterocycles. The summed E-state index contributed by atoms with van der Waals surface area (Å²) in [5, 5.41) is 4.07. The average Bonchev–Trinajstić information content (AvgIpc) is 2.73. The Morgan fingerprint density at radius 2 is 1.67 bits per heavy atom. The first-order valence-electron chi connectivity index (χ1n) is 8.53. The monoisotopic (exact) mass is 380 g/mol. The maximum absolute atomic E-state index is 5.98. The second-order valence-electron chi connectivity index (χ2n) is 5.84. The zero-order valence-electron chi connectivity index (χ0n) is 15.3. The molecule has 0 unspecified atom stereocenters. The van der Waals surface area contributed by atoms with Crippen LogP contribution >= 0.6 is 11.6 Å². The Balaban J connectivity index is 1.92. The van der Waals surface area contributed by atoms with Gasteiger partial charge in [0.15, 0.2) is 0 Å². The molecule has 4 nitrogen and oxygen atoms in total. The van der Waals surface area contributed by atoms with Crippen molar-refractivity contribution in [3.05, 3.63) is 88.9 Å². The van der Waals surface area contributed by atoms with E-state index in [1.165, 1.54) is 0 Å². The van der Waals surface area contributed by atoms with Crippen LogP contribution in [0.2, 0.25) is 5.02 Å². The molecule has 0 radical (unpaired) electrons. The van der Waals surface area contributed by atoms with Crippen LogP contribution in [0, 0.1) is 0 Å². The van der Waals surface area contributed by atoms with Crippen molar-refractivity contribution in [2.24, 2.45) is 4.99 Å². The third-order valence-corrected chi connectivity index (χ3v) is 4.30. The summed E-state index contributed by atoms with van der Waals surface area (Å²) in [6.07, 6.45) is 0. The van der Waals surface area contributed by atoms with Crippen molar-refractivity contribution in [1.29, 1.82) is 0 Å². The Labute approximate surface area is 164 Å². The van der Waals surface area contributed by atoms with Crippen LogP contribution in [0.1, 0.15) is 11.1 Å². The van der Waals surface area contributed by atoms with Crippen LogP contribution in [0.25, 0.3) is 0 Å². The molecule has 3 aromatic carbocycles. The molecule has 3 rings (SSSR count). The molecule has 27 heavy (non-hydrogen) atoms. The van der Waals surface area contributed by atoms with Crippen molar-refractivity contribution in [3.8, 4) is 11.5 Å². The number of halogens is 1. The molecule has 0 saturated carbocycles. The number of nitrogens with one attached hydrogen (secondary N) is 1. The first kappa shape index (κ1) is 18.8. The predicted molar refractivity (Wildman–Crippen MR) is 111 cm³/mol. The largest absolute Gasteiger partial charge is 0.497 e. The average molecular weight is 381 g/mol. The number of aliphatic imine (C=N–C) groups is 1. The molecule has 0 atom stereocenters. The summed E-state index contributed by atoms with van der Waals surface area (Å²) >= 11 is 5.98. The molecule has 3 aromatic rings. The molecule has 0 aliphatic heterocycles. The van der Waals surface area contributed by atoms with E-state index in [1.54, 1.807) is 14.2 Å². The second kappa shape index (κ2) is 9.10. The van der Waals surface area contributed by atoms with Gasteiger partial charge < -0.3 is 14.8 Å². The van der Waals surface area contributed by atoms with Gasteiger partial charge in [-0.3, -0.25) is 4.99 Å². The molecule has 0 aliphatic carbocycles. The number of anilines is 1. The number of hydrogen-bond acceptors (Lipinski definition) is 3. The maximum Gasteiger partial charge on any atom is 0.133 e. The lowest BCUT2D eigenvalue weighted by Gasteiger charge is -2.12. The van der Waals surface area contributed by atoms with E-state index in [1.807, 2.05) is 72.8 Å². The van der Waals surface area contributed by atoms with Gasteiger partial charge in [0.25, 0.3) is 0 Å². The Hall–Kier alpha value is -2.98. The molecule has 0 fully saturated rings. The van der Waals surface area contributed by atoms with Crippen LogP contribution in [-0.2, 0) is 6.54 Å². The van der Waals surface area contributed by atoms with Gasteiger partial charge in [-0.25, -0.2) is 0 Å². The molecular formula is C22H21ClN2O2. The second-order valence-corrected chi connectivity index (χ2v) is 6.28. The van der Waals surface area contributed by atoms with E-state index in [0.717, 1.165) is 34.1 Å². The molecule has 0 amide bonds. The summed E-state index contributed by atoms with van der Waals surface area (Å²) < 4.78 is 10.8. The summed E-state index contributed by atoms with van der Waals surface area (Å²) in [7, 11) is 3.30. The zero-order chi connectivity index (χ0) is 19.1. The highest BCUT2D eigenvalue weighted by atomic mass is 35.5. The standard InChI is InChI=1S/C22H21ClN2O2/c1-26-20-12-13-21(27-2)17(14-20)15-24-22(16-6-4-3-5-7-16)25-19-10-8-18(23)9-11-19/h3-14H,15H2,1-2H3,(H,24,25). The fraction of sp³-hybridized carbons (Fsp3) is 0.136. The van der Waals surface area contributed by atoms with Gasteiger partial charge in [-0.2, -0.15) is 0 Å². The van der Waals surface area contributed by atoms with Crippen molar-refractivity contribution in [2.45, 2.75) is 6.54 Å². The van der Waals surface area contributed by atoms with Crippen molar-refractivity contribution in [1.82, 2.24) is 0 Å². The molecule has 0 aliphatic rings. The van der Waals surface area contributed by atoms with Crippen LogP contribution in [0.15, 0.2) is 77.8 Å². The predicted octanol–water partition coefficient (Wildman–Crippen LogP) is 5.42. The fourth-order valence-corrected chi connectivity index (χ4v) is 2.76. The first-order valence-corrected chi connectivity index (χ1v) is 8.91. The van der Waals surface area contributed by atoms with E-state index >= 15 is 0 Å². The summed E-state index contributed by atoms with van der Waals surface area (Å²) in [5.41, 5.74) is 2.86. The lowest BCUT2D eigenvalue weighted by atomic mass is 10.1. The van der Waals surface area contributed by atoms with Crippen LogP contribution in [0.4, 0.5) is 5.69 Å². The third kappa shape index (κ3) is 5.02. The van der Waals surface area contributed by atoms with Gasteiger partial charge >= 0.3 is 0 Å². The van der Waals surface area contributed by atoms with E-state index in [9.17, 15) is 0 Å². The van der Waals surface area contributed by atoms with Crippen molar-refractivity contribution < 1.29 is 9.47 Å². The molecule has 0 aromatic heterocycles. The fourth-order valence-electron chi connectivity index (χ4n) is 2.64. The van der Waals surface area contributed by atoms with Crippen molar-refractivity contribution in [2.75, 3.05) is 19.5 Å². The molecule has 1 N–H and O–H groups in total. The van der Waals surface area contributed by atoms with Crippen LogP contribution in [-0.4, -0.2) is 20.1 Å². The molecule has 0 bridgehead atoms. The minimum atomic E-state index is 0.450. The summed E-state index contributed by atoms with van der Waals surface area (Å²) in [5.74, 6) is 2.31. The van der Waals surface area contributed by atoms with Gasteiger partial charge in [0.05, 0.1) is 20.8 Å².